The van der Waals surface area contributed by atoms with Crippen molar-refractivity contribution in [3.8, 4) is 11.5 Å². The van der Waals surface area contributed by atoms with Crippen molar-refractivity contribution < 1.29 is 23.9 Å². The van der Waals surface area contributed by atoms with E-state index in [1.165, 1.54) is 4.90 Å². The van der Waals surface area contributed by atoms with Gasteiger partial charge in [0, 0.05) is 12.2 Å². The number of nitrogens with zero attached hydrogens (tertiary/aromatic N) is 2. The van der Waals surface area contributed by atoms with E-state index >= 15 is 0 Å². The molecule has 0 radical (unpaired) electrons. The van der Waals surface area contributed by atoms with Gasteiger partial charge >= 0.3 is 6.03 Å². The largest absolute Gasteiger partial charge is 0.497 e. The Morgan fingerprint density at radius 1 is 0.889 bits per heavy atom. The van der Waals surface area contributed by atoms with Crippen molar-refractivity contribution in [3.05, 3.63) is 83.9 Å². The summed E-state index contributed by atoms with van der Waals surface area (Å²) in [6, 6.07) is 20.0. The second-order valence-electron chi connectivity index (χ2n) is 8.45. The zero-order valence-corrected chi connectivity index (χ0v) is 20.6. The van der Waals surface area contributed by atoms with Crippen LogP contribution in [0.2, 0.25) is 0 Å². The molecule has 4 rings (SSSR count). The molecule has 8 nitrogen and oxygen atoms in total. The van der Waals surface area contributed by atoms with Crippen molar-refractivity contribution in [3.63, 3.8) is 0 Å². The molecule has 1 fully saturated rings. The van der Waals surface area contributed by atoms with Crippen molar-refractivity contribution in [1.82, 2.24) is 4.90 Å². The van der Waals surface area contributed by atoms with Crippen LogP contribution in [0.3, 0.4) is 0 Å². The van der Waals surface area contributed by atoms with Gasteiger partial charge in [-0.25, -0.2) is 9.69 Å². The molecule has 8 heteroatoms. The normalized spacial score (nSPS) is 15.2. The average Bonchev–Trinajstić information content (AvgIpc) is 3.13. The van der Waals surface area contributed by atoms with Crippen LogP contribution in [0, 0.1) is 0 Å². The summed E-state index contributed by atoms with van der Waals surface area (Å²) in [7, 11) is 3.11. The second-order valence-corrected chi connectivity index (χ2v) is 8.45. The number of hydrogen-bond acceptors (Lipinski definition) is 5. The third-order valence-corrected chi connectivity index (χ3v) is 6.16. The number of ether oxygens (including phenoxy) is 2. The molecule has 1 heterocycles. The van der Waals surface area contributed by atoms with Gasteiger partial charge in [-0.05, 0) is 66.1 Å². The standard InChI is InChI=1S/C28H29N3O5/c1-4-19-8-10-21(11-9-19)29-26(32)17-25-27(33)31(22-12-14-23(35-2)15-13-22)28(34)30(25)18-20-6-5-7-24(16-20)36-3/h5-16,25H,4,17-18H2,1-3H3,(H,29,32)/t25-/m0/s1. The lowest BCUT2D eigenvalue weighted by Gasteiger charge is -2.22. The fraction of sp³-hybridized carbons (Fsp3) is 0.250. The van der Waals surface area contributed by atoms with Gasteiger partial charge < -0.3 is 19.7 Å². The first-order valence-corrected chi connectivity index (χ1v) is 11.7. The molecule has 36 heavy (non-hydrogen) atoms. The van der Waals surface area contributed by atoms with Gasteiger partial charge in [0.15, 0.2) is 0 Å². The molecule has 0 bridgehead atoms. The number of nitrogens with one attached hydrogen (secondary N) is 1. The summed E-state index contributed by atoms with van der Waals surface area (Å²) in [6.45, 7) is 2.21. The van der Waals surface area contributed by atoms with Gasteiger partial charge in [0.1, 0.15) is 17.5 Å². The molecule has 3 aromatic rings. The predicted octanol–water partition coefficient (Wildman–Crippen LogP) is 4.63. The minimum atomic E-state index is -0.958. The van der Waals surface area contributed by atoms with Gasteiger partial charge in [-0.15, -0.1) is 0 Å². The fourth-order valence-electron chi connectivity index (χ4n) is 4.16. The first kappa shape index (κ1) is 24.8. The number of anilines is 2. The van der Waals surface area contributed by atoms with Gasteiger partial charge in [-0.1, -0.05) is 31.2 Å². The van der Waals surface area contributed by atoms with E-state index in [4.69, 9.17) is 9.47 Å². The Bertz CT molecular complexity index is 1240. The van der Waals surface area contributed by atoms with Crippen LogP contribution in [0.1, 0.15) is 24.5 Å². The summed E-state index contributed by atoms with van der Waals surface area (Å²) in [5, 5.41) is 2.84. The Morgan fingerprint density at radius 3 is 2.22 bits per heavy atom. The Kier molecular flexibility index (Phi) is 7.53. The van der Waals surface area contributed by atoms with Crippen molar-refractivity contribution in [2.75, 3.05) is 24.4 Å². The number of amides is 4. The molecule has 0 spiro atoms. The van der Waals surface area contributed by atoms with Gasteiger partial charge in [0.25, 0.3) is 5.91 Å². The lowest BCUT2D eigenvalue weighted by atomic mass is 10.1. The van der Waals surface area contributed by atoms with E-state index in [9.17, 15) is 14.4 Å². The Balaban J connectivity index is 1.59. The number of carbonyl (C=O) groups excluding carboxylic acids is 3. The number of carbonyl (C=O) groups is 3. The van der Waals surface area contributed by atoms with Crippen molar-refractivity contribution >= 4 is 29.2 Å². The van der Waals surface area contributed by atoms with Gasteiger partial charge in [-0.3, -0.25) is 9.59 Å². The Labute approximate surface area is 210 Å². The molecule has 0 aliphatic carbocycles. The third-order valence-electron chi connectivity index (χ3n) is 6.16. The number of rotatable bonds is 9. The topological polar surface area (TPSA) is 88.2 Å². The van der Waals surface area contributed by atoms with E-state index in [2.05, 4.69) is 12.2 Å². The molecule has 1 aliphatic heterocycles. The SMILES string of the molecule is CCc1ccc(NC(=O)C[C@H]2C(=O)N(c3ccc(OC)cc3)C(=O)N2Cc2cccc(OC)c2)cc1. The maximum Gasteiger partial charge on any atom is 0.332 e. The zero-order valence-electron chi connectivity index (χ0n) is 20.6. The number of benzene rings is 3. The van der Waals surface area contributed by atoms with Gasteiger partial charge in [-0.2, -0.15) is 0 Å². The molecule has 1 aliphatic rings. The number of hydrogen-bond donors (Lipinski definition) is 1. The molecular formula is C28H29N3O5. The number of methoxy groups -OCH3 is 2. The molecule has 4 amide bonds. The van der Waals surface area contributed by atoms with E-state index in [-0.39, 0.29) is 18.9 Å². The van der Waals surface area contributed by atoms with Crippen molar-refractivity contribution in [1.29, 1.82) is 0 Å². The van der Waals surface area contributed by atoms with Crippen molar-refractivity contribution in [2.24, 2.45) is 0 Å². The van der Waals surface area contributed by atoms with Gasteiger partial charge in [0.2, 0.25) is 5.91 Å². The Morgan fingerprint density at radius 2 is 1.58 bits per heavy atom. The van der Waals surface area contributed by atoms with Crippen LogP contribution in [-0.2, 0) is 22.6 Å². The van der Waals surface area contributed by atoms with E-state index in [0.717, 1.165) is 22.4 Å². The highest BCUT2D eigenvalue weighted by Gasteiger charge is 2.46. The van der Waals surface area contributed by atoms with Crippen LogP contribution in [-0.4, -0.2) is 43.0 Å². The summed E-state index contributed by atoms with van der Waals surface area (Å²) < 4.78 is 10.5. The maximum atomic E-state index is 13.5. The third kappa shape index (κ3) is 5.33. The summed E-state index contributed by atoms with van der Waals surface area (Å²) in [5.41, 5.74) is 3.00. The van der Waals surface area contributed by atoms with Crippen LogP contribution in [0.15, 0.2) is 72.8 Å². The molecule has 0 aromatic heterocycles. The van der Waals surface area contributed by atoms with E-state index in [1.54, 1.807) is 50.6 Å². The summed E-state index contributed by atoms with van der Waals surface area (Å²) in [5.74, 6) is 0.445. The monoisotopic (exact) mass is 487 g/mol. The van der Waals surface area contributed by atoms with Crippen LogP contribution in [0.5, 0.6) is 11.5 Å². The molecule has 186 valence electrons. The van der Waals surface area contributed by atoms with Crippen LogP contribution < -0.4 is 19.7 Å². The highest BCUT2D eigenvalue weighted by Crippen LogP contribution is 2.30. The lowest BCUT2D eigenvalue weighted by Crippen LogP contribution is -2.37. The maximum absolute atomic E-state index is 13.5. The molecule has 3 aromatic carbocycles. The first-order valence-electron chi connectivity index (χ1n) is 11.7. The van der Waals surface area contributed by atoms with Crippen molar-refractivity contribution in [2.45, 2.75) is 32.4 Å². The summed E-state index contributed by atoms with van der Waals surface area (Å²) in [4.78, 5) is 42.5. The smallest absolute Gasteiger partial charge is 0.332 e. The molecule has 0 unspecified atom stereocenters. The number of aryl methyl sites for hydroxylation is 1. The predicted molar refractivity (Wildman–Crippen MR) is 137 cm³/mol. The van der Waals surface area contributed by atoms with E-state index in [1.807, 2.05) is 36.4 Å². The second kappa shape index (κ2) is 10.9. The van der Waals surface area contributed by atoms with E-state index in [0.29, 0.717) is 22.9 Å². The summed E-state index contributed by atoms with van der Waals surface area (Å²) >= 11 is 0. The molecule has 1 N–H and O–H groups in total. The first-order chi connectivity index (χ1) is 17.4. The molecule has 0 saturated carbocycles. The Hall–Kier alpha value is -4.33. The molecular weight excluding hydrogens is 458 g/mol. The highest BCUT2D eigenvalue weighted by atomic mass is 16.5. The quantitative estimate of drug-likeness (QED) is 0.445. The average molecular weight is 488 g/mol. The minimum absolute atomic E-state index is 0.150. The van der Waals surface area contributed by atoms with Crippen LogP contribution >= 0.6 is 0 Å². The minimum Gasteiger partial charge on any atom is -0.497 e. The number of urea groups is 1. The molecule has 1 saturated heterocycles. The number of imide groups is 1. The van der Waals surface area contributed by atoms with Crippen LogP contribution in [0.25, 0.3) is 0 Å². The van der Waals surface area contributed by atoms with Gasteiger partial charge in [0.05, 0.1) is 26.3 Å². The van der Waals surface area contributed by atoms with E-state index < -0.39 is 18.0 Å². The zero-order chi connectivity index (χ0) is 25.7. The highest BCUT2D eigenvalue weighted by molar-refractivity contribution is 6.22. The van der Waals surface area contributed by atoms with Crippen LogP contribution in [0.4, 0.5) is 16.2 Å². The lowest BCUT2D eigenvalue weighted by molar-refractivity contribution is -0.124. The molecule has 1 atom stereocenters. The fourth-order valence-corrected chi connectivity index (χ4v) is 4.16. The summed E-state index contributed by atoms with van der Waals surface area (Å²) in [6.07, 6.45) is 0.726.